The Morgan fingerprint density at radius 2 is 2.00 bits per heavy atom. The van der Waals surface area contributed by atoms with Crippen LogP contribution in [0.2, 0.25) is 10.0 Å². The van der Waals surface area contributed by atoms with Crippen molar-refractivity contribution in [1.82, 2.24) is 10.3 Å². The molecule has 0 saturated carbocycles. The van der Waals surface area contributed by atoms with Crippen LogP contribution in [-0.2, 0) is 6.42 Å². The molecule has 0 amide bonds. The van der Waals surface area contributed by atoms with Crippen LogP contribution in [0.5, 0.6) is 0 Å². The number of benzene rings is 1. The zero-order valence-corrected chi connectivity index (χ0v) is 15.2. The number of halogens is 4. The summed E-state index contributed by atoms with van der Waals surface area (Å²) in [4.78, 5) is 7.99. The molecule has 2 aliphatic rings. The molecule has 2 aliphatic heterocycles. The minimum Gasteiger partial charge on any atom is -0.387 e. The van der Waals surface area contributed by atoms with E-state index in [0.29, 0.717) is 30.7 Å². The Kier molecular flexibility index (Phi) is 4.59. The van der Waals surface area contributed by atoms with E-state index in [-0.39, 0.29) is 33.7 Å². The van der Waals surface area contributed by atoms with Gasteiger partial charge in [-0.25, -0.2) is 14.4 Å². The standard InChI is InChI=1S/C18H16Cl2F2N4/c19-12-6-14(21)16(7-13(12)20)26-18(23)8-3-9-5-11-10(15(4-8)25-9)1-2-24-17(11)22/h1-2,6-9,15,25H,3-5H2,(H2,23,26). The summed E-state index contributed by atoms with van der Waals surface area (Å²) in [6.07, 6.45) is 3.38. The van der Waals surface area contributed by atoms with Crippen molar-refractivity contribution in [1.29, 1.82) is 0 Å². The highest BCUT2D eigenvalue weighted by molar-refractivity contribution is 6.42. The van der Waals surface area contributed by atoms with Gasteiger partial charge < -0.3 is 11.1 Å². The van der Waals surface area contributed by atoms with E-state index in [2.05, 4.69) is 15.3 Å². The van der Waals surface area contributed by atoms with Gasteiger partial charge in [0.05, 0.1) is 10.0 Å². The van der Waals surface area contributed by atoms with Gasteiger partial charge in [-0.3, -0.25) is 0 Å². The highest BCUT2D eigenvalue weighted by Gasteiger charge is 2.37. The number of hydrogen-bond acceptors (Lipinski definition) is 3. The number of rotatable bonds is 2. The van der Waals surface area contributed by atoms with Crippen molar-refractivity contribution in [3.8, 4) is 0 Å². The Morgan fingerprint density at radius 3 is 2.81 bits per heavy atom. The summed E-state index contributed by atoms with van der Waals surface area (Å²) in [5, 5.41) is 3.85. The van der Waals surface area contributed by atoms with Crippen LogP contribution in [0.15, 0.2) is 29.4 Å². The molecule has 1 saturated heterocycles. The Balaban J connectivity index is 1.61. The van der Waals surface area contributed by atoms with E-state index < -0.39 is 11.8 Å². The Bertz CT molecular complexity index is 903. The first kappa shape index (κ1) is 17.6. The predicted octanol–water partition coefficient (Wildman–Crippen LogP) is 4.32. The van der Waals surface area contributed by atoms with E-state index in [9.17, 15) is 8.78 Å². The average Bonchev–Trinajstić information content (AvgIpc) is 2.60. The van der Waals surface area contributed by atoms with Gasteiger partial charge >= 0.3 is 0 Å². The predicted molar refractivity (Wildman–Crippen MR) is 98.0 cm³/mol. The lowest BCUT2D eigenvalue weighted by molar-refractivity contribution is 0.263. The molecule has 0 spiro atoms. The molecule has 4 rings (SSSR count). The van der Waals surface area contributed by atoms with Crippen molar-refractivity contribution in [3.63, 3.8) is 0 Å². The molecule has 3 N–H and O–H groups in total. The van der Waals surface area contributed by atoms with Crippen molar-refractivity contribution in [2.45, 2.75) is 31.3 Å². The van der Waals surface area contributed by atoms with Crippen LogP contribution in [0.4, 0.5) is 14.5 Å². The van der Waals surface area contributed by atoms with Crippen molar-refractivity contribution in [2.75, 3.05) is 0 Å². The molecule has 2 bridgehead atoms. The van der Waals surface area contributed by atoms with Crippen LogP contribution in [0, 0.1) is 17.7 Å². The summed E-state index contributed by atoms with van der Waals surface area (Å²) >= 11 is 11.7. The summed E-state index contributed by atoms with van der Waals surface area (Å²) < 4.78 is 28.0. The highest BCUT2D eigenvalue weighted by atomic mass is 35.5. The van der Waals surface area contributed by atoms with Gasteiger partial charge in [0.25, 0.3) is 0 Å². The highest BCUT2D eigenvalue weighted by Crippen LogP contribution is 2.38. The van der Waals surface area contributed by atoms with Gasteiger partial charge in [-0.15, -0.1) is 0 Å². The number of aromatic nitrogens is 1. The molecule has 3 unspecified atom stereocenters. The zero-order valence-electron chi connectivity index (χ0n) is 13.6. The van der Waals surface area contributed by atoms with Gasteiger partial charge in [0.1, 0.15) is 17.3 Å². The first-order chi connectivity index (χ1) is 12.4. The van der Waals surface area contributed by atoms with Gasteiger partial charge in [-0.1, -0.05) is 23.2 Å². The number of aliphatic imine (C=N–C) groups is 1. The third-order valence-electron chi connectivity index (χ3n) is 5.05. The minimum absolute atomic E-state index is 0.0209. The molecule has 1 aromatic carbocycles. The van der Waals surface area contributed by atoms with Crippen molar-refractivity contribution in [3.05, 3.63) is 57.3 Å². The molecular weight excluding hydrogens is 381 g/mol. The van der Waals surface area contributed by atoms with Crippen LogP contribution in [-0.4, -0.2) is 16.9 Å². The topological polar surface area (TPSA) is 63.3 Å². The van der Waals surface area contributed by atoms with Crippen LogP contribution >= 0.6 is 23.2 Å². The molecule has 4 nitrogen and oxygen atoms in total. The number of nitrogens with one attached hydrogen (secondary N) is 1. The fraction of sp³-hybridized carbons (Fsp3) is 0.333. The third-order valence-corrected chi connectivity index (χ3v) is 5.77. The number of nitrogens with two attached hydrogens (primary N) is 1. The summed E-state index contributed by atoms with van der Waals surface area (Å²) in [5.74, 6) is -0.673. The molecule has 3 heterocycles. The second-order valence-corrected chi connectivity index (χ2v) is 7.53. The molecule has 8 heteroatoms. The second kappa shape index (κ2) is 6.76. The summed E-state index contributed by atoms with van der Waals surface area (Å²) in [6, 6.07) is 4.38. The Morgan fingerprint density at radius 1 is 1.23 bits per heavy atom. The summed E-state index contributed by atoms with van der Waals surface area (Å²) in [6.45, 7) is 0. The monoisotopic (exact) mass is 396 g/mol. The number of fused-ring (bicyclic) bond motifs is 4. The first-order valence-electron chi connectivity index (χ1n) is 8.30. The fourth-order valence-corrected chi connectivity index (χ4v) is 4.14. The lowest BCUT2D eigenvalue weighted by Crippen LogP contribution is -2.48. The average molecular weight is 397 g/mol. The molecular formula is C18H16Cl2F2N4. The normalized spacial score (nSPS) is 25.1. The van der Waals surface area contributed by atoms with E-state index in [1.807, 2.05) is 6.07 Å². The van der Waals surface area contributed by atoms with E-state index in [1.165, 1.54) is 12.3 Å². The van der Waals surface area contributed by atoms with E-state index in [0.717, 1.165) is 11.6 Å². The second-order valence-electron chi connectivity index (χ2n) is 6.71. The maximum Gasteiger partial charge on any atom is 0.216 e. The molecule has 2 aromatic rings. The van der Waals surface area contributed by atoms with E-state index in [4.69, 9.17) is 28.9 Å². The molecule has 1 fully saturated rings. The Labute approximate surface area is 159 Å². The fourth-order valence-electron chi connectivity index (χ4n) is 3.83. The molecule has 3 atom stereocenters. The van der Waals surface area contributed by atoms with Crippen molar-refractivity contribution < 1.29 is 8.78 Å². The van der Waals surface area contributed by atoms with Gasteiger partial charge in [0, 0.05) is 29.8 Å². The van der Waals surface area contributed by atoms with Gasteiger partial charge in [-0.2, -0.15) is 4.39 Å². The SMILES string of the molecule is NC(=Nc1cc(Cl)c(Cl)cc1F)C1CC2Cc3c(ccnc3F)C(C1)N2. The van der Waals surface area contributed by atoms with Crippen LogP contribution < -0.4 is 11.1 Å². The van der Waals surface area contributed by atoms with Crippen LogP contribution in [0.3, 0.4) is 0 Å². The lowest BCUT2D eigenvalue weighted by atomic mass is 9.77. The zero-order chi connectivity index (χ0) is 18.4. The molecule has 136 valence electrons. The van der Waals surface area contributed by atoms with Crippen molar-refractivity contribution in [2.24, 2.45) is 16.6 Å². The van der Waals surface area contributed by atoms with Gasteiger partial charge in [0.15, 0.2) is 0 Å². The van der Waals surface area contributed by atoms with Gasteiger partial charge in [-0.05, 0) is 43.0 Å². The lowest BCUT2D eigenvalue weighted by Gasteiger charge is -2.41. The van der Waals surface area contributed by atoms with Crippen LogP contribution in [0.25, 0.3) is 0 Å². The number of pyridine rings is 1. The molecule has 26 heavy (non-hydrogen) atoms. The maximum absolute atomic E-state index is 14.1. The number of piperidine rings is 1. The third kappa shape index (κ3) is 3.17. The van der Waals surface area contributed by atoms with Crippen LogP contribution in [0.1, 0.15) is 30.0 Å². The molecule has 0 radical (unpaired) electrons. The number of nitrogens with zero attached hydrogens (tertiary/aromatic N) is 2. The Hall–Kier alpha value is -1.76. The number of amidine groups is 1. The smallest absolute Gasteiger partial charge is 0.216 e. The van der Waals surface area contributed by atoms with Gasteiger partial charge in [0.2, 0.25) is 5.95 Å². The molecule has 1 aromatic heterocycles. The van der Waals surface area contributed by atoms with E-state index >= 15 is 0 Å². The summed E-state index contributed by atoms with van der Waals surface area (Å²) in [5.41, 5.74) is 7.83. The van der Waals surface area contributed by atoms with Crippen molar-refractivity contribution >= 4 is 34.7 Å². The summed E-state index contributed by atoms with van der Waals surface area (Å²) in [7, 11) is 0. The maximum atomic E-state index is 14.1. The largest absolute Gasteiger partial charge is 0.387 e. The van der Waals surface area contributed by atoms with E-state index in [1.54, 1.807) is 0 Å². The quantitative estimate of drug-likeness (QED) is 0.343. The first-order valence-corrected chi connectivity index (χ1v) is 9.06. The number of hydrogen-bond donors (Lipinski definition) is 2. The minimum atomic E-state index is -0.574. The molecule has 0 aliphatic carbocycles.